The number of nitrogens with one attached hydrogen (secondary N) is 1. The van der Waals surface area contributed by atoms with Gasteiger partial charge in [0, 0.05) is 7.05 Å². The van der Waals surface area contributed by atoms with Crippen molar-refractivity contribution >= 4 is 0 Å². The Kier molecular flexibility index (Phi) is 3.50. The van der Waals surface area contributed by atoms with Crippen molar-refractivity contribution in [3.8, 4) is 0 Å². The molecule has 0 aromatic rings. The summed E-state index contributed by atoms with van der Waals surface area (Å²) in [6, 6.07) is 0. The molecule has 1 N–H and O–H groups in total. The Morgan fingerprint density at radius 2 is 2.14 bits per heavy atom. The molecule has 3 heteroatoms. The van der Waals surface area contributed by atoms with Crippen LogP contribution in [0.15, 0.2) is 10.2 Å². The number of azo groups is 1. The van der Waals surface area contributed by atoms with Crippen molar-refractivity contribution in [1.29, 1.82) is 0 Å². The van der Waals surface area contributed by atoms with Crippen molar-refractivity contribution in [2.45, 2.75) is 13.1 Å². The molecule has 0 fully saturated rings. The molecule has 1 unspecified atom stereocenters. The highest BCUT2D eigenvalue weighted by molar-refractivity contribution is 4.45. The van der Waals surface area contributed by atoms with Crippen LogP contribution in [-0.2, 0) is 0 Å². The van der Waals surface area contributed by atoms with Gasteiger partial charge in [-0.2, -0.15) is 10.2 Å². The monoisotopic (exact) mass is 101 g/mol. The van der Waals surface area contributed by atoms with Crippen LogP contribution in [-0.4, -0.2) is 20.3 Å². The summed E-state index contributed by atoms with van der Waals surface area (Å²) in [6.07, 6.45) is 0.157. The molecule has 0 aliphatic heterocycles. The summed E-state index contributed by atoms with van der Waals surface area (Å²) < 4.78 is 0. The number of rotatable bonds is 2. The quantitative estimate of drug-likeness (QED) is 0.509. The molecule has 0 saturated heterocycles. The summed E-state index contributed by atoms with van der Waals surface area (Å²) in [5.41, 5.74) is 0. The third-order valence-corrected chi connectivity index (χ3v) is 0.706. The van der Waals surface area contributed by atoms with Gasteiger partial charge < -0.3 is 0 Å². The summed E-state index contributed by atoms with van der Waals surface area (Å²) in [5.74, 6) is 0. The van der Waals surface area contributed by atoms with Gasteiger partial charge in [-0.1, -0.05) is 0 Å². The first kappa shape index (κ1) is 6.56. The van der Waals surface area contributed by atoms with Crippen LogP contribution in [0, 0.1) is 0 Å². The fourth-order valence-electron chi connectivity index (χ4n) is 0.231. The largest absolute Gasteiger partial charge is 0.298 e. The van der Waals surface area contributed by atoms with Crippen molar-refractivity contribution in [3.63, 3.8) is 0 Å². The minimum absolute atomic E-state index is 0.157. The molecule has 0 amide bonds. The van der Waals surface area contributed by atoms with Crippen molar-refractivity contribution < 1.29 is 0 Å². The number of nitrogens with zero attached hydrogens (tertiary/aromatic N) is 2. The van der Waals surface area contributed by atoms with E-state index in [9.17, 15) is 0 Å². The second kappa shape index (κ2) is 3.74. The van der Waals surface area contributed by atoms with Gasteiger partial charge in [0.25, 0.3) is 0 Å². The first-order valence-electron chi connectivity index (χ1n) is 2.27. The van der Waals surface area contributed by atoms with Crippen molar-refractivity contribution in [2.24, 2.45) is 10.2 Å². The lowest BCUT2D eigenvalue weighted by Gasteiger charge is -1.97. The summed E-state index contributed by atoms with van der Waals surface area (Å²) in [6.45, 7) is 1.94. The summed E-state index contributed by atoms with van der Waals surface area (Å²) in [7, 11) is 3.51. The van der Waals surface area contributed by atoms with Crippen LogP contribution >= 0.6 is 0 Å². The average molecular weight is 101 g/mol. The Labute approximate surface area is 43.8 Å². The molecule has 0 saturated carbocycles. The molecule has 1 atom stereocenters. The van der Waals surface area contributed by atoms with E-state index in [0.717, 1.165) is 0 Å². The van der Waals surface area contributed by atoms with Crippen molar-refractivity contribution in [2.75, 3.05) is 14.1 Å². The van der Waals surface area contributed by atoms with E-state index in [1.807, 2.05) is 14.0 Å². The summed E-state index contributed by atoms with van der Waals surface area (Å²) in [5, 5.41) is 10.2. The van der Waals surface area contributed by atoms with E-state index in [1.165, 1.54) is 0 Å². The molecule has 0 rings (SSSR count). The van der Waals surface area contributed by atoms with Crippen LogP contribution in [0.3, 0.4) is 0 Å². The lowest BCUT2D eigenvalue weighted by atomic mass is 10.6. The van der Waals surface area contributed by atoms with Crippen LogP contribution in [0.25, 0.3) is 0 Å². The zero-order chi connectivity index (χ0) is 5.70. The Balaban J connectivity index is 3.16. The van der Waals surface area contributed by atoms with E-state index in [1.54, 1.807) is 7.05 Å². The molecule has 7 heavy (non-hydrogen) atoms. The summed E-state index contributed by atoms with van der Waals surface area (Å²) in [4.78, 5) is 0. The van der Waals surface area contributed by atoms with Gasteiger partial charge in [0.15, 0.2) is 0 Å². The predicted octanol–water partition coefficient (Wildman–Crippen LogP) is 0.634. The maximum Gasteiger partial charge on any atom is 0.117 e. The van der Waals surface area contributed by atoms with Crippen LogP contribution < -0.4 is 5.32 Å². The van der Waals surface area contributed by atoms with Gasteiger partial charge in [-0.15, -0.1) is 0 Å². The van der Waals surface area contributed by atoms with Gasteiger partial charge in [0.1, 0.15) is 6.17 Å². The molecule has 0 aliphatic rings. The van der Waals surface area contributed by atoms with Gasteiger partial charge in [-0.05, 0) is 14.0 Å². The first-order chi connectivity index (χ1) is 3.31. The number of hydrogen-bond acceptors (Lipinski definition) is 3. The van der Waals surface area contributed by atoms with Crippen LogP contribution in [0.5, 0.6) is 0 Å². The number of hydrogen-bond donors (Lipinski definition) is 1. The lowest BCUT2D eigenvalue weighted by molar-refractivity contribution is 0.608. The topological polar surface area (TPSA) is 36.8 Å². The second-order valence-corrected chi connectivity index (χ2v) is 1.28. The maximum atomic E-state index is 3.76. The Bertz CT molecular complexity index is 60.0. The molecular formula is C4H11N3. The van der Waals surface area contributed by atoms with E-state index in [0.29, 0.717) is 0 Å². The van der Waals surface area contributed by atoms with Crippen molar-refractivity contribution in [1.82, 2.24) is 5.32 Å². The first-order valence-corrected chi connectivity index (χ1v) is 2.27. The molecule has 42 valence electrons. The van der Waals surface area contributed by atoms with Gasteiger partial charge >= 0.3 is 0 Å². The van der Waals surface area contributed by atoms with Crippen molar-refractivity contribution in [3.05, 3.63) is 0 Å². The van der Waals surface area contributed by atoms with Gasteiger partial charge in [0.2, 0.25) is 0 Å². The summed E-state index contributed by atoms with van der Waals surface area (Å²) >= 11 is 0. The van der Waals surface area contributed by atoms with Crippen LogP contribution in [0.1, 0.15) is 6.92 Å². The third kappa shape index (κ3) is 3.39. The van der Waals surface area contributed by atoms with E-state index in [4.69, 9.17) is 0 Å². The van der Waals surface area contributed by atoms with E-state index < -0.39 is 0 Å². The van der Waals surface area contributed by atoms with Crippen LogP contribution in [0.4, 0.5) is 0 Å². The zero-order valence-electron chi connectivity index (χ0n) is 4.97. The minimum Gasteiger partial charge on any atom is -0.298 e. The van der Waals surface area contributed by atoms with Gasteiger partial charge in [-0.25, -0.2) is 0 Å². The van der Waals surface area contributed by atoms with E-state index in [2.05, 4.69) is 15.5 Å². The minimum atomic E-state index is 0.157. The van der Waals surface area contributed by atoms with E-state index in [-0.39, 0.29) is 6.17 Å². The molecule has 3 nitrogen and oxygen atoms in total. The Hall–Kier alpha value is -0.440. The molecule has 0 bridgehead atoms. The molecule has 0 aromatic heterocycles. The standard InChI is InChI=1S/C4H11N3/c1-4(5-2)7-6-3/h4-5H,1-3H3/b7-6-. The predicted molar refractivity (Wildman–Crippen MR) is 29.3 cm³/mol. The van der Waals surface area contributed by atoms with Gasteiger partial charge in [-0.3, -0.25) is 5.32 Å². The zero-order valence-corrected chi connectivity index (χ0v) is 4.97. The maximum absolute atomic E-state index is 3.76. The van der Waals surface area contributed by atoms with E-state index >= 15 is 0 Å². The SMILES string of the molecule is C/N=N\C(C)NC. The highest BCUT2D eigenvalue weighted by Crippen LogP contribution is 1.79. The smallest absolute Gasteiger partial charge is 0.117 e. The average Bonchev–Trinajstić information content (AvgIpc) is 1.68. The fraction of sp³-hybridized carbons (Fsp3) is 1.00. The Morgan fingerprint density at radius 3 is 2.29 bits per heavy atom. The fourth-order valence-corrected chi connectivity index (χ4v) is 0.231. The molecular weight excluding hydrogens is 90.1 g/mol. The molecule has 0 heterocycles. The van der Waals surface area contributed by atoms with Crippen LogP contribution in [0.2, 0.25) is 0 Å². The molecule has 0 spiro atoms. The third-order valence-electron chi connectivity index (χ3n) is 0.706. The molecule has 0 radical (unpaired) electrons. The lowest BCUT2D eigenvalue weighted by Crippen LogP contribution is -2.17. The normalized spacial score (nSPS) is 15.3. The Morgan fingerprint density at radius 1 is 1.57 bits per heavy atom. The highest BCUT2D eigenvalue weighted by Gasteiger charge is 1.86. The highest BCUT2D eigenvalue weighted by atomic mass is 15.2. The molecule has 0 aromatic carbocycles. The second-order valence-electron chi connectivity index (χ2n) is 1.28. The molecule has 0 aliphatic carbocycles. The van der Waals surface area contributed by atoms with Gasteiger partial charge in [0.05, 0.1) is 0 Å².